The van der Waals surface area contributed by atoms with E-state index in [1.807, 2.05) is 0 Å². The first-order chi connectivity index (χ1) is 9.16. The zero-order valence-electron chi connectivity index (χ0n) is 9.91. The highest BCUT2D eigenvalue weighted by Gasteiger charge is 2.13. The van der Waals surface area contributed by atoms with Crippen LogP contribution in [0.5, 0.6) is 0 Å². The molecule has 0 unspecified atom stereocenters. The number of hydrogen-bond donors (Lipinski definition) is 1. The van der Waals surface area contributed by atoms with Gasteiger partial charge in [0.25, 0.3) is 5.69 Å². The van der Waals surface area contributed by atoms with E-state index in [9.17, 15) is 14.5 Å². The van der Waals surface area contributed by atoms with Crippen molar-refractivity contribution in [2.24, 2.45) is 0 Å². The van der Waals surface area contributed by atoms with Crippen molar-refractivity contribution in [2.75, 3.05) is 0 Å². The Labute approximate surface area is 108 Å². The molecule has 0 fully saturated rings. The number of aromatic nitrogens is 2. The maximum absolute atomic E-state index is 13.1. The lowest BCUT2D eigenvalue weighted by Gasteiger charge is -2.05. The Morgan fingerprint density at radius 2 is 2.16 bits per heavy atom. The second-order valence-electron chi connectivity index (χ2n) is 3.83. The topological polar surface area (TPSA) is 81.0 Å². The van der Waals surface area contributed by atoms with E-state index in [2.05, 4.69) is 15.3 Å². The summed E-state index contributed by atoms with van der Waals surface area (Å²) in [6.07, 6.45) is 3.02. The zero-order valence-corrected chi connectivity index (χ0v) is 9.91. The minimum absolute atomic E-state index is 0.100. The van der Waals surface area contributed by atoms with Crippen molar-refractivity contribution in [1.29, 1.82) is 0 Å². The van der Waals surface area contributed by atoms with Crippen LogP contribution in [-0.4, -0.2) is 14.9 Å². The van der Waals surface area contributed by atoms with E-state index in [1.165, 1.54) is 6.33 Å². The van der Waals surface area contributed by atoms with Gasteiger partial charge in [0, 0.05) is 30.9 Å². The maximum atomic E-state index is 13.1. The summed E-state index contributed by atoms with van der Waals surface area (Å²) in [6.45, 7) is 0.619. The van der Waals surface area contributed by atoms with Gasteiger partial charge in [-0.15, -0.1) is 0 Å². The van der Waals surface area contributed by atoms with Crippen LogP contribution in [0.2, 0.25) is 0 Å². The highest BCUT2D eigenvalue weighted by atomic mass is 19.1. The van der Waals surface area contributed by atoms with Crippen molar-refractivity contribution < 1.29 is 9.31 Å². The maximum Gasteiger partial charge on any atom is 0.274 e. The molecule has 0 aliphatic carbocycles. The molecule has 6 nitrogen and oxygen atoms in total. The second-order valence-corrected chi connectivity index (χ2v) is 3.83. The Balaban J connectivity index is 2.03. The first-order valence-electron chi connectivity index (χ1n) is 5.55. The Hall–Kier alpha value is -2.41. The Morgan fingerprint density at radius 1 is 1.32 bits per heavy atom. The minimum atomic E-state index is -0.527. The van der Waals surface area contributed by atoms with Gasteiger partial charge in [-0.3, -0.25) is 10.1 Å². The molecule has 0 radical (unpaired) electrons. The second kappa shape index (κ2) is 5.96. The highest BCUT2D eigenvalue weighted by molar-refractivity contribution is 5.40. The predicted octanol–water partition coefficient (Wildman–Crippen LogP) is 1.81. The largest absolute Gasteiger partial charge is 0.307 e. The van der Waals surface area contributed by atoms with E-state index < -0.39 is 10.7 Å². The van der Waals surface area contributed by atoms with Crippen molar-refractivity contribution in [3.63, 3.8) is 0 Å². The average Bonchev–Trinajstić information content (AvgIpc) is 2.39. The third kappa shape index (κ3) is 3.52. The van der Waals surface area contributed by atoms with Gasteiger partial charge in [0.05, 0.1) is 10.6 Å². The fourth-order valence-electron chi connectivity index (χ4n) is 1.62. The number of nitrogens with zero attached hydrogens (tertiary/aromatic N) is 3. The van der Waals surface area contributed by atoms with Crippen LogP contribution in [0.3, 0.4) is 0 Å². The summed E-state index contributed by atoms with van der Waals surface area (Å²) in [7, 11) is 0. The molecule has 1 heterocycles. The molecule has 0 atom stereocenters. The predicted molar refractivity (Wildman–Crippen MR) is 65.6 cm³/mol. The first-order valence-corrected chi connectivity index (χ1v) is 5.55. The van der Waals surface area contributed by atoms with Gasteiger partial charge in [0.1, 0.15) is 12.1 Å². The normalized spacial score (nSPS) is 10.4. The van der Waals surface area contributed by atoms with Gasteiger partial charge in [-0.25, -0.2) is 14.4 Å². The van der Waals surface area contributed by atoms with Gasteiger partial charge < -0.3 is 5.32 Å². The first kappa shape index (κ1) is 13.0. The standard InChI is InChI=1S/C12H11FN4O2/c13-10-1-2-12(17(18)19)9(5-10)6-15-7-11-3-4-14-8-16-11/h1-5,8,15H,6-7H2. The molecule has 0 aliphatic heterocycles. The summed E-state index contributed by atoms with van der Waals surface area (Å²) in [6, 6.07) is 5.13. The Bertz CT molecular complexity index is 577. The summed E-state index contributed by atoms with van der Waals surface area (Å²) in [5, 5.41) is 13.8. The number of hydrogen-bond acceptors (Lipinski definition) is 5. The van der Waals surface area contributed by atoms with E-state index in [0.717, 1.165) is 23.9 Å². The zero-order chi connectivity index (χ0) is 13.7. The molecule has 1 aromatic heterocycles. The molecule has 2 rings (SSSR count). The van der Waals surface area contributed by atoms with Crippen molar-refractivity contribution in [1.82, 2.24) is 15.3 Å². The molecule has 0 bridgehead atoms. The molecule has 2 aromatic rings. The fourth-order valence-corrected chi connectivity index (χ4v) is 1.62. The van der Waals surface area contributed by atoms with E-state index in [-0.39, 0.29) is 12.2 Å². The lowest BCUT2D eigenvalue weighted by molar-refractivity contribution is -0.385. The van der Waals surface area contributed by atoms with E-state index in [4.69, 9.17) is 0 Å². The highest BCUT2D eigenvalue weighted by Crippen LogP contribution is 2.19. The van der Waals surface area contributed by atoms with Crippen LogP contribution >= 0.6 is 0 Å². The van der Waals surface area contributed by atoms with Gasteiger partial charge in [-0.2, -0.15) is 0 Å². The van der Waals surface area contributed by atoms with Crippen LogP contribution in [0.25, 0.3) is 0 Å². The van der Waals surface area contributed by atoms with Crippen LogP contribution in [0, 0.1) is 15.9 Å². The van der Waals surface area contributed by atoms with Crippen molar-refractivity contribution in [3.05, 3.63) is 64.0 Å². The summed E-state index contributed by atoms with van der Waals surface area (Å²) < 4.78 is 13.1. The molecule has 1 N–H and O–H groups in total. The molecule has 0 amide bonds. The number of nitrogens with one attached hydrogen (secondary N) is 1. The molecule has 0 saturated carbocycles. The number of benzene rings is 1. The van der Waals surface area contributed by atoms with Crippen LogP contribution in [0.1, 0.15) is 11.3 Å². The molecule has 0 aliphatic rings. The Kier molecular flexibility index (Phi) is 4.09. The molecule has 7 heteroatoms. The van der Waals surface area contributed by atoms with E-state index >= 15 is 0 Å². The van der Waals surface area contributed by atoms with E-state index in [1.54, 1.807) is 12.3 Å². The van der Waals surface area contributed by atoms with Crippen LogP contribution in [-0.2, 0) is 13.1 Å². The van der Waals surface area contributed by atoms with Gasteiger partial charge in [0.15, 0.2) is 0 Å². The van der Waals surface area contributed by atoms with Gasteiger partial charge in [-0.05, 0) is 18.2 Å². The van der Waals surface area contributed by atoms with Crippen LogP contribution < -0.4 is 5.32 Å². The Morgan fingerprint density at radius 3 is 2.84 bits per heavy atom. The number of nitro groups is 1. The number of rotatable bonds is 5. The molecule has 0 spiro atoms. The van der Waals surface area contributed by atoms with E-state index in [0.29, 0.717) is 12.1 Å². The molecule has 19 heavy (non-hydrogen) atoms. The summed E-state index contributed by atoms with van der Waals surface area (Å²) in [5.74, 6) is -0.496. The SMILES string of the molecule is O=[N+]([O-])c1ccc(F)cc1CNCc1ccncn1. The molecule has 1 aromatic carbocycles. The number of halogens is 1. The third-order valence-electron chi connectivity index (χ3n) is 2.50. The third-order valence-corrected chi connectivity index (χ3v) is 2.50. The van der Waals surface area contributed by atoms with Gasteiger partial charge in [-0.1, -0.05) is 0 Å². The van der Waals surface area contributed by atoms with Crippen molar-refractivity contribution in [2.45, 2.75) is 13.1 Å². The number of nitro benzene ring substituents is 1. The van der Waals surface area contributed by atoms with Gasteiger partial charge in [0.2, 0.25) is 0 Å². The summed E-state index contributed by atoms with van der Waals surface area (Å²) in [5.41, 5.74) is 0.963. The van der Waals surface area contributed by atoms with Crippen LogP contribution in [0.15, 0.2) is 36.8 Å². The molecule has 98 valence electrons. The van der Waals surface area contributed by atoms with Crippen LogP contribution in [0.4, 0.5) is 10.1 Å². The van der Waals surface area contributed by atoms with Gasteiger partial charge >= 0.3 is 0 Å². The van der Waals surface area contributed by atoms with Crippen molar-refractivity contribution >= 4 is 5.69 Å². The quantitative estimate of drug-likeness (QED) is 0.656. The average molecular weight is 262 g/mol. The monoisotopic (exact) mass is 262 g/mol. The molecular weight excluding hydrogens is 251 g/mol. The smallest absolute Gasteiger partial charge is 0.274 e. The summed E-state index contributed by atoms with van der Waals surface area (Å²) >= 11 is 0. The summed E-state index contributed by atoms with van der Waals surface area (Å²) in [4.78, 5) is 18.1. The minimum Gasteiger partial charge on any atom is -0.307 e. The molecular formula is C12H11FN4O2. The van der Waals surface area contributed by atoms with Crippen molar-refractivity contribution in [3.8, 4) is 0 Å². The fraction of sp³-hybridized carbons (Fsp3) is 0.167. The lowest BCUT2D eigenvalue weighted by Crippen LogP contribution is -2.15. The lowest BCUT2D eigenvalue weighted by atomic mass is 10.1. The molecule has 0 saturated heterocycles.